The third kappa shape index (κ3) is 2.58. The van der Waals surface area contributed by atoms with Crippen molar-refractivity contribution in [3.63, 3.8) is 0 Å². The Bertz CT molecular complexity index is 361. The molecule has 1 aliphatic rings. The summed E-state index contributed by atoms with van der Waals surface area (Å²) >= 11 is 1.36. The fraction of sp³-hybridized carbons (Fsp3) is 0.545. The lowest BCUT2D eigenvalue weighted by Crippen LogP contribution is -2.16. The summed E-state index contributed by atoms with van der Waals surface area (Å²) in [5, 5.41) is 12.2. The van der Waals surface area contributed by atoms with Crippen LogP contribution in [0.3, 0.4) is 0 Å². The average Bonchev–Trinajstić information content (AvgIpc) is 2.81. The van der Waals surface area contributed by atoms with Crippen molar-refractivity contribution in [3.05, 3.63) is 21.9 Å². The van der Waals surface area contributed by atoms with E-state index in [1.165, 1.54) is 24.2 Å². The quantitative estimate of drug-likeness (QED) is 0.808. The summed E-state index contributed by atoms with van der Waals surface area (Å²) in [6, 6.07) is 4.23. The summed E-state index contributed by atoms with van der Waals surface area (Å²) in [6.07, 6.45) is 2.51. The second-order valence-electron chi connectivity index (χ2n) is 3.96. The molecule has 1 aromatic rings. The molecule has 0 radical (unpaired) electrons. The van der Waals surface area contributed by atoms with Crippen molar-refractivity contribution in [2.45, 2.75) is 32.4 Å². The first kappa shape index (κ1) is 10.6. The van der Waals surface area contributed by atoms with Crippen LogP contribution in [0.25, 0.3) is 0 Å². The average molecular weight is 225 g/mol. The van der Waals surface area contributed by atoms with Crippen molar-refractivity contribution in [2.75, 3.05) is 0 Å². The molecule has 2 rings (SSSR count). The predicted octanol–water partition coefficient (Wildman–Crippen LogP) is 2.33. The Morgan fingerprint density at radius 2 is 2.47 bits per heavy atom. The van der Waals surface area contributed by atoms with Crippen molar-refractivity contribution in [1.82, 2.24) is 5.32 Å². The molecule has 0 bridgehead atoms. The minimum Gasteiger partial charge on any atom is -0.477 e. The highest BCUT2D eigenvalue weighted by atomic mass is 32.1. The predicted molar refractivity (Wildman–Crippen MR) is 60.3 cm³/mol. The van der Waals surface area contributed by atoms with Gasteiger partial charge in [0.2, 0.25) is 0 Å². The van der Waals surface area contributed by atoms with Crippen molar-refractivity contribution in [3.8, 4) is 0 Å². The molecule has 2 N–H and O–H groups in total. The van der Waals surface area contributed by atoms with E-state index in [4.69, 9.17) is 5.11 Å². The fourth-order valence-corrected chi connectivity index (χ4v) is 2.57. The minimum atomic E-state index is -0.830. The second-order valence-corrected chi connectivity index (χ2v) is 5.13. The van der Waals surface area contributed by atoms with Gasteiger partial charge in [0.25, 0.3) is 0 Å². The zero-order valence-corrected chi connectivity index (χ0v) is 9.51. The first-order chi connectivity index (χ1) is 7.20. The number of rotatable bonds is 5. The van der Waals surface area contributed by atoms with E-state index in [0.29, 0.717) is 10.9 Å². The molecule has 1 heterocycles. The van der Waals surface area contributed by atoms with E-state index < -0.39 is 5.97 Å². The molecular formula is C11H15NO2S. The molecule has 0 amide bonds. The summed E-state index contributed by atoms with van der Waals surface area (Å²) in [6.45, 7) is 3.01. The Kier molecular flexibility index (Phi) is 3.07. The monoisotopic (exact) mass is 225 g/mol. The number of hydrogen-bond donors (Lipinski definition) is 2. The van der Waals surface area contributed by atoms with Gasteiger partial charge in [-0.2, -0.15) is 0 Å². The highest BCUT2D eigenvalue weighted by Crippen LogP contribution is 2.33. The highest BCUT2D eigenvalue weighted by Gasteiger charge is 2.34. The first-order valence-electron chi connectivity index (χ1n) is 5.26. The Balaban J connectivity index is 1.81. The van der Waals surface area contributed by atoms with Crippen LogP contribution >= 0.6 is 11.3 Å². The summed E-state index contributed by atoms with van der Waals surface area (Å²) in [7, 11) is 0. The van der Waals surface area contributed by atoms with Crippen LogP contribution < -0.4 is 5.32 Å². The molecule has 82 valence electrons. The molecule has 1 aromatic heterocycles. The molecule has 15 heavy (non-hydrogen) atoms. The molecule has 2 unspecified atom stereocenters. The van der Waals surface area contributed by atoms with E-state index in [2.05, 4.69) is 12.2 Å². The molecule has 0 aromatic carbocycles. The number of carboxylic acid groups (broad SMARTS) is 1. The van der Waals surface area contributed by atoms with Crippen LogP contribution in [-0.4, -0.2) is 17.1 Å². The zero-order valence-electron chi connectivity index (χ0n) is 8.69. The Morgan fingerprint density at radius 3 is 3.00 bits per heavy atom. The van der Waals surface area contributed by atoms with E-state index in [0.717, 1.165) is 17.3 Å². The van der Waals surface area contributed by atoms with Gasteiger partial charge in [-0.1, -0.05) is 13.3 Å². The Hall–Kier alpha value is -0.870. The van der Waals surface area contributed by atoms with Crippen molar-refractivity contribution in [2.24, 2.45) is 5.92 Å². The zero-order chi connectivity index (χ0) is 10.8. The lowest BCUT2D eigenvalue weighted by atomic mass is 10.3. The second kappa shape index (κ2) is 4.33. The van der Waals surface area contributed by atoms with Gasteiger partial charge in [-0.15, -0.1) is 11.3 Å². The summed E-state index contributed by atoms with van der Waals surface area (Å²) in [5.74, 6) is 0.00742. The van der Waals surface area contributed by atoms with Crippen LogP contribution in [0.4, 0.5) is 0 Å². The number of aromatic carboxylic acids is 1. The maximum absolute atomic E-state index is 10.7. The van der Waals surface area contributed by atoms with Gasteiger partial charge in [0.15, 0.2) is 0 Å². The first-order valence-corrected chi connectivity index (χ1v) is 6.07. The SMILES string of the molecule is CCC1CC1NCc1ccc(C(=O)O)s1. The van der Waals surface area contributed by atoms with E-state index in [1.807, 2.05) is 6.07 Å². The molecule has 0 aliphatic heterocycles. The number of carbonyl (C=O) groups is 1. The maximum Gasteiger partial charge on any atom is 0.345 e. The van der Waals surface area contributed by atoms with Gasteiger partial charge in [-0.3, -0.25) is 0 Å². The lowest BCUT2D eigenvalue weighted by Gasteiger charge is -2.00. The molecule has 1 aliphatic carbocycles. The summed E-state index contributed by atoms with van der Waals surface area (Å²) in [5.41, 5.74) is 0. The van der Waals surface area contributed by atoms with Gasteiger partial charge in [0, 0.05) is 17.5 Å². The molecule has 1 fully saturated rings. The van der Waals surface area contributed by atoms with Gasteiger partial charge < -0.3 is 10.4 Å². The molecule has 1 saturated carbocycles. The van der Waals surface area contributed by atoms with E-state index in [1.54, 1.807) is 6.07 Å². The Labute approximate surface area is 93.1 Å². The van der Waals surface area contributed by atoms with Crippen molar-refractivity contribution in [1.29, 1.82) is 0 Å². The minimum absolute atomic E-state index is 0.426. The molecular weight excluding hydrogens is 210 g/mol. The van der Waals surface area contributed by atoms with Gasteiger partial charge in [-0.05, 0) is 24.5 Å². The third-order valence-corrected chi connectivity index (χ3v) is 3.93. The molecule has 3 nitrogen and oxygen atoms in total. The number of thiophene rings is 1. The largest absolute Gasteiger partial charge is 0.477 e. The van der Waals surface area contributed by atoms with Crippen LogP contribution in [0.1, 0.15) is 34.3 Å². The maximum atomic E-state index is 10.7. The van der Waals surface area contributed by atoms with Crippen LogP contribution in [0, 0.1) is 5.92 Å². The van der Waals surface area contributed by atoms with Crippen molar-refractivity contribution < 1.29 is 9.90 Å². The van der Waals surface area contributed by atoms with Crippen molar-refractivity contribution >= 4 is 17.3 Å². The van der Waals surface area contributed by atoms with E-state index >= 15 is 0 Å². The van der Waals surface area contributed by atoms with Gasteiger partial charge in [0.1, 0.15) is 4.88 Å². The number of carboxylic acids is 1. The summed E-state index contributed by atoms with van der Waals surface area (Å²) < 4.78 is 0. The number of nitrogens with one attached hydrogen (secondary N) is 1. The van der Waals surface area contributed by atoms with E-state index in [9.17, 15) is 4.79 Å². The standard InChI is InChI=1S/C11H15NO2S/c1-2-7-5-9(7)12-6-8-3-4-10(15-8)11(13)14/h3-4,7,9,12H,2,5-6H2,1H3,(H,13,14). The van der Waals surface area contributed by atoms with Gasteiger partial charge in [-0.25, -0.2) is 4.79 Å². The topological polar surface area (TPSA) is 49.3 Å². The highest BCUT2D eigenvalue weighted by molar-refractivity contribution is 7.13. The van der Waals surface area contributed by atoms with Gasteiger partial charge >= 0.3 is 5.97 Å². The van der Waals surface area contributed by atoms with Crippen LogP contribution in [-0.2, 0) is 6.54 Å². The molecule has 0 saturated heterocycles. The lowest BCUT2D eigenvalue weighted by molar-refractivity contribution is 0.0702. The number of hydrogen-bond acceptors (Lipinski definition) is 3. The third-order valence-electron chi connectivity index (χ3n) is 2.86. The Morgan fingerprint density at radius 1 is 1.67 bits per heavy atom. The van der Waals surface area contributed by atoms with Crippen LogP contribution in [0.2, 0.25) is 0 Å². The molecule has 2 atom stereocenters. The smallest absolute Gasteiger partial charge is 0.345 e. The normalized spacial score (nSPS) is 24.1. The van der Waals surface area contributed by atoms with E-state index in [-0.39, 0.29) is 0 Å². The fourth-order valence-electron chi connectivity index (χ4n) is 1.77. The van der Waals surface area contributed by atoms with Crippen LogP contribution in [0.5, 0.6) is 0 Å². The molecule has 4 heteroatoms. The van der Waals surface area contributed by atoms with Gasteiger partial charge in [0.05, 0.1) is 0 Å². The molecule has 0 spiro atoms. The van der Waals surface area contributed by atoms with Crippen LogP contribution in [0.15, 0.2) is 12.1 Å². The summed E-state index contributed by atoms with van der Waals surface area (Å²) in [4.78, 5) is 12.2.